The Morgan fingerprint density at radius 3 is 2.81 bits per heavy atom. The number of rotatable bonds is 4. The summed E-state index contributed by atoms with van der Waals surface area (Å²) in [5, 5.41) is 0.454. The number of esters is 1. The molecule has 2 heterocycles. The van der Waals surface area contributed by atoms with E-state index in [1.54, 1.807) is 19.2 Å². The molecule has 0 saturated carbocycles. The van der Waals surface area contributed by atoms with Crippen molar-refractivity contribution in [3.63, 3.8) is 0 Å². The van der Waals surface area contributed by atoms with E-state index < -0.39 is 5.97 Å². The summed E-state index contributed by atoms with van der Waals surface area (Å²) in [6.45, 7) is 2.58. The quantitative estimate of drug-likeness (QED) is 0.591. The summed E-state index contributed by atoms with van der Waals surface area (Å²) >= 11 is 3.39. The van der Waals surface area contributed by atoms with Gasteiger partial charge in [-0.15, -0.1) is 0 Å². The van der Waals surface area contributed by atoms with Crippen LogP contribution in [0.4, 0.5) is 0 Å². The molecule has 0 N–H and O–H groups in total. The second-order valence-corrected chi connectivity index (χ2v) is 6.99. The van der Waals surface area contributed by atoms with Gasteiger partial charge in [-0.2, -0.15) is 0 Å². The van der Waals surface area contributed by atoms with Gasteiger partial charge in [0.05, 0.1) is 12.1 Å². The normalized spacial score (nSPS) is 12.4. The number of benzene rings is 2. The Balaban J connectivity index is 1.84. The van der Waals surface area contributed by atoms with Gasteiger partial charge in [0.15, 0.2) is 11.5 Å². The number of pyridine rings is 1. The molecule has 1 aliphatic heterocycles. The van der Waals surface area contributed by atoms with Gasteiger partial charge in [-0.3, -0.25) is 4.79 Å². The van der Waals surface area contributed by atoms with Crippen LogP contribution in [-0.4, -0.2) is 23.9 Å². The summed E-state index contributed by atoms with van der Waals surface area (Å²) in [5.74, 6) is 0.773. The molecule has 6 nitrogen and oxygen atoms in total. The Morgan fingerprint density at radius 2 is 2.00 bits per heavy atom. The third-order valence-corrected chi connectivity index (χ3v) is 4.82. The molecular formula is C20H16BrNO5. The minimum absolute atomic E-state index is 0.0168. The van der Waals surface area contributed by atoms with Gasteiger partial charge < -0.3 is 18.8 Å². The first-order chi connectivity index (χ1) is 13.1. The van der Waals surface area contributed by atoms with E-state index in [4.69, 9.17) is 14.2 Å². The molecule has 4 rings (SSSR count). The third kappa shape index (κ3) is 3.30. The van der Waals surface area contributed by atoms with Gasteiger partial charge in [0.25, 0.3) is 0 Å². The summed E-state index contributed by atoms with van der Waals surface area (Å²) < 4.78 is 18.5. The van der Waals surface area contributed by atoms with Crippen molar-refractivity contribution in [2.24, 2.45) is 0 Å². The fraction of sp³-hybridized carbons (Fsp3) is 0.200. The maximum Gasteiger partial charge on any atom is 0.343 e. The highest BCUT2D eigenvalue weighted by Crippen LogP contribution is 2.33. The number of hydrogen-bond donors (Lipinski definition) is 0. The molecule has 0 amide bonds. The van der Waals surface area contributed by atoms with Gasteiger partial charge >= 0.3 is 5.97 Å². The van der Waals surface area contributed by atoms with Gasteiger partial charge in [0, 0.05) is 22.6 Å². The zero-order valence-electron chi connectivity index (χ0n) is 14.5. The minimum atomic E-state index is -0.621. The van der Waals surface area contributed by atoms with Gasteiger partial charge in [0.1, 0.15) is 5.56 Å². The Hall–Kier alpha value is -2.80. The Bertz CT molecular complexity index is 1110. The number of aromatic nitrogens is 1. The Morgan fingerprint density at radius 1 is 1.19 bits per heavy atom. The first-order valence-electron chi connectivity index (χ1n) is 8.45. The number of hydrogen-bond acceptors (Lipinski definition) is 5. The van der Waals surface area contributed by atoms with E-state index in [1.165, 1.54) is 0 Å². The molecule has 1 aliphatic rings. The first-order valence-corrected chi connectivity index (χ1v) is 9.24. The Labute approximate surface area is 163 Å². The van der Waals surface area contributed by atoms with Crippen molar-refractivity contribution in [2.75, 3.05) is 13.4 Å². The lowest BCUT2D eigenvalue weighted by atomic mass is 10.1. The summed E-state index contributed by atoms with van der Waals surface area (Å²) in [5.41, 5.74) is 1.37. The maximum atomic E-state index is 12.8. The summed E-state index contributed by atoms with van der Waals surface area (Å²) in [6, 6.07) is 11.1. The van der Waals surface area contributed by atoms with Gasteiger partial charge in [0.2, 0.25) is 12.2 Å². The van der Waals surface area contributed by atoms with Crippen LogP contribution in [0.15, 0.2) is 51.9 Å². The van der Waals surface area contributed by atoms with Crippen LogP contribution >= 0.6 is 15.9 Å². The molecule has 0 atom stereocenters. The average molecular weight is 430 g/mol. The van der Waals surface area contributed by atoms with E-state index in [0.717, 1.165) is 15.6 Å². The highest BCUT2D eigenvalue weighted by atomic mass is 79.9. The van der Waals surface area contributed by atoms with Crippen molar-refractivity contribution in [2.45, 2.75) is 13.5 Å². The van der Waals surface area contributed by atoms with E-state index in [1.807, 2.05) is 34.9 Å². The molecule has 0 fully saturated rings. The van der Waals surface area contributed by atoms with Crippen molar-refractivity contribution >= 4 is 32.8 Å². The van der Waals surface area contributed by atoms with Crippen LogP contribution in [-0.2, 0) is 11.3 Å². The second-order valence-electron chi connectivity index (χ2n) is 6.07. The highest BCUT2D eigenvalue weighted by Gasteiger charge is 2.18. The second kappa shape index (κ2) is 7.08. The fourth-order valence-corrected chi connectivity index (χ4v) is 3.45. The number of carbonyl (C=O) groups excluding carboxylic acids is 1. The van der Waals surface area contributed by atoms with Crippen LogP contribution in [0.25, 0.3) is 10.9 Å². The molecule has 7 heteroatoms. The molecule has 0 radical (unpaired) electrons. The molecule has 1 aromatic heterocycles. The molecule has 0 bridgehead atoms. The highest BCUT2D eigenvalue weighted by molar-refractivity contribution is 9.10. The molecule has 0 spiro atoms. The minimum Gasteiger partial charge on any atom is -0.462 e. The first kappa shape index (κ1) is 17.6. The monoisotopic (exact) mass is 429 g/mol. The van der Waals surface area contributed by atoms with Crippen LogP contribution < -0.4 is 14.9 Å². The van der Waals surface area contributed by atoms with Crippen molar-refractivity contribution in [3.05, 3.63) is 68.4 Å². The summed E-state index contributed by atoms with van der Waals surface area (Å²) in [7, 11) is 0. The van der Waals surface area contributed by atoms with Crippen molar-refractivity contribution in [1.29, 1.82) is 0 Å². The summed E-state index contributed by atoms with van der Waals surface area (Å²) in [4.78, 5) is 25.1. The van der Waals surface area contributed by atoms with Crippen molar-refractivity contribution in [3.8, 4) is 11.5 Å². The fourth-order valence-electron chi connectivity index (χ4n) is 3.09. The lowest BCUT2D eigenvalue weighted by Gasteiger charge is -2.14. The molecule has 2 aromatic carbocycles. The zero-order valence-corrected chi connectivity index (χ0v) is 16.1. The third-order valence-electron chi connectivity index (χ3n) is 4.33. The largest absolute Gasteiger partial charge is 0.462 e. The van der Waals surface area contributed by atoms with Crippen LogP contribution in [0.2, 0.25) is 0 Å². The molecule has 3 aromatic rings. The lowest BCUT2D eigenvalue weighted by Crippen LogP contribution is -2.21. The summed E-state index contributed by atoms with van der Waals surface area (Å²) in [6.07, 6.45) is 1.56. The van der Waals surface area contributed by atoms with Gasteiger partial charge in [-0.25, -0.2) is 4.79 Å². The van der Waals surface area contributed by atoms with Crippen LogP contribution in [0.3, 0.4) is 0 Å². The van der Waals surface area contributed by atoms with Crippen molar-refractivity contribution in [1.82, 2.24) is 4.57 Å². The molecule has 0 unspecified atom stereocenters. The van der Waals surface area contributed by atoms with E-state index >= 15 is 0 Å². The van der Waals surface area contributed by atoms with E-state index in [2.05, 4.69) is 15.9 Å². The number of halogens is 1. The van der Waals surface area contributed by atoms with E-state index in [9.17, 15) is 9.59 Å². The van der Waals surface area contributed by atoms with Crippen LogP contribution in [0.1, 0.15) is 22.8 Å². The van der Waals surface area contributed by atoms with Crippen LogP contribution in [0, 0.1) is 0 Å². The number of fused-ring (bicyclic) bond motifs is 2. The SMILES string of the molecule is CCOC(=O)c1cn(Cc2ccc3c(c2)OCO3)c2ccc(Br)cc2c1=O. The van der Waals surface area contributed by atoms with E-state index in [0.29, 0.717) is 23.4 Å². The Kier molecular flexibility index (Phi) is 4.61. The predicted octanol–water partition coefficient (Wildman–Crippen LogP) is 3.72. The zero-order chi connectivity index (χ0) is 19.0. The molecule has 0 saturated heterocycles. The smallest absolute Gasteiger partial charge is 0.343 e. The van der Waals surface area contributed by atoms with Gasteiger partial charge in [-0.1, -0.05) is 22.0 Å². The molecule has 0 aliphatic carbocycles. The molecule has 138 valence electrons. The number of carbonyl (C=O) groups is 1. The molecule has 27 heavy (non-hydrogen) atoms. The number of ether oxygens (including phenoxy) is 3. The average Bonchev–Trinajstić information content (AvgIpc) is 3.12. The van der Waals surface area contributed by atoms with Crippen molar-refractivity contribution < 1.29 is 19.0 Å². The number of nitrogens with zero attached hydrogens (tertiary/aromatic N) is 1. The lowest BCUT2D eigenvalue weighted by molar-refractivity contribution is 0.0524. The molecular weight excluding hydrogens is 414 g/mol. The topological polar surface area (TPSA) is 66.8 Å². The van der Waals surface area contributed by atoms with Gasteiger partial charge in [-0.05, 0) is 42.8 Å². The maximum absolute atomic E-state index is 12.8. The van der Waals surface area contributed by atoms with E-state index in [-0.39, 0.29) is 24.4 Å². The standard InChI is InChI=1S/C20H16BrNO5/c1-2-25-20(24)15-10-22(16-5-4-13(21)8-14(16)19(15)23)9-12-3-6-17-18(7-12)27-11-26-17/h3-8,10H,2,9,11H2,1H3. The predicted molar refractivity (Wildman–Crippen MR) is 104 cm³/mol. The van der Waals surface area contributed by atoms with Crippen LogP contribution in [0.5, 0.6) is 11.5 Å².